The summed E-state index contributed by atoms with van der Waals surface area (Å²) in [6.07, 6.45) is 5.07. The van der Waals surface area contributed by atoms with Crippen molar-refractivity contribution in [1.82, 2.24) is 15.3 Å². The van der Waals surface area contributed by atoms with Gasteiger partial charge >= 0.3 is 0 Å². The van der Waals surface area contributed by atoms with Crippen LogP contribution >= 0.6 is 23.4 Å². The van der Waals surface area contributed by atoms with Crippen molar-refractivity contribution in [2.45, 2.75) is 29.8 Å². The second-order valence-corrected chi connectivity index (χ2v) is 5.58. The van der Waals surface area contributed by atoms with Crippen molar-refractivity contribution >= 4 is 23.4 Å². The Kier molecular flexibility index (Phi) is 5.19. The van der Waals surface area contributed by atoms with E-state index in [1.807, 2.05) is 12.1 Å². The maximum Gasteiger partial charge on any atom is 0.119 e. The van der Waals surface area contributed by atoms with E-state index < -0.39 is 0 Å². The van der Waals surface area contributed by atoms with Gasteiger partial charge in [-0.2, -0.15) is 0 Å². The van der Waals surface area contributed by atoms with Gasteiger partial charge in [-0.25, -0.2) is 4.98 Å². The Morgan fingerprint density at radius 3 is 2.84 bits per heavy atom. The lowest BCUT2D eigenvalue weighted by Crippen LogP contribution is -2.17. The van der Waals surface area contributed by atoms with Crippen molar-refractivity contribution in [3.05, 3.63) is 47.4 Å². The third kappa shape index (κ3) is 3.93. The molecule has 0 saturated heterocycles. The lowest BCUT2D eigenvalue weighted by Gasteiger charge is -2.14. The average molecular weight is 294 g/mol. The molecule has 0 spiro atoms. The topological polar surface area (TPSA) is 37.8 Å². The van der Waals surface area contributed by atoms with Crippen molar-refractivity contribution in [1.29, 1.82) is 0 Å². The molecule has 2 rings (SSSR count). The fraction of sp³-hybridized carbons (Fsp3) is 0.286. The summed E-state index contributed by atoms with van der Waals surface area (Å²) in [5, 5.41) is 4.96. The SMILES string of the molecule is CCNC(C)c1ccc(Sc2cnccn2)c(Cl)c1. The van der Waals surface area contributed by atoms with Gasteiger partial charge in [-0.3, -0.25) is 4.98 Å². The van der Waals surface area contributed by atoms with Crippen LogP contribution in [0.25, 0.3) is 0 Å². The summed E-state index contributed by atoms with van der Waals surface area (Å²) in [5.74, 6) is 0. The van der Waals surface area contributed by atoms with E-state index in [0.717, 1.165) is 21.5 Å². The maximum absolute atomic E-state index is 6.33. The maximum atomic E-state index is 6.33. The monoisotopic (exact) mass is 293 g/mol. The molecule has 1 aromatic heterocycles. The fourth-order valence-electron chi connectivity index (χ4n) is 1.74. The number of nitrogens with one attached hydrogen (secondary N) is 1. The van der Waals surface area contributed by atoms with Crippen LogP contribution in [-0.2, 0) is 0 Å². The molecule has 1 unspecified atom stereocenters. The molecule has 0 aliphatic heterocycles. The van der Waals surface area contributed by atoms with Crippen LogP contribution in [0.4, 0.5) is 0 Å². The highest BCUT2D eigenvalue weighted by atomic mass is 35.5. The largest absolute Gasteiger partial charge is 0.310 e. The van der Waals surface area contributed by atoms with Gasteiger partial charge in [-0.15, -0.1) is 0 Å². The summed E-state index contributed by atoms with van der Waals surface area (Å²) in [6, 6.07) is 6.44. The molecule has 0 amide bonds. The minimum Gasteiger partial charge on any atom is -0.310 e. The molecule has 0 bridgehead atoms. The van der Waals surface area contributed by atoms with Crippen LogP contribution in [0.3, 0.4) is 0 Å². The molecule has 1 N–H and O–H groups in total. The zero-order valence-electron chi connectivity index (χ0n) is 10.9. The van der Waals surface area contributed by atoms with E-state index in [4.69, 9.17) is 11.6 Å². The second-order valence-electron chi connectivity index (χ2n) is 4.11. The van der Waals surface area contributed by atoms with E-state index in [0.29, 0.717) is 6.04 Å². The molecule has 0 saturated carbocycles. The van der Waals surface area contributed by atoms with Crippen LogP contribution in [0.5, 0.6) is 0 Å². The predicted octanol–water partition coefficient (Wildman–Crippen LogP) is 3.95. The van der Waals surface area contributed by atoms with Crippen LogP contribution in [0.2, 0.25) is 5.02 Å². The zero-order chi connectivity index (χ0) is 13.7. The first-order valence-electron chi connectivity index (χ1n) is 6.17. The first-order chi connectivity index (χ1) is 9.20. The average Bonchev–Trinajstić information content (AvgIpc) is 2.42. The van der Waals surface area contributed by atoms with Gasteiger partial charge in [0.2, 0.25) is 0 Å². The second kappa shape index (κ2) is 6.89. The molecule has 3 nitrogen and oxygen atoms in total. The number of nitrogens with zero attached hydrogens (tertiary/aromatic N) is 2. The van der Waals surface area contributed by atoms with Gasteiger partial charge in [0.15, 0.2) is 0 Å². The Morgan fingerprint density at radius 2 is 2.21 bits per heavy atom. The summed E-state index contributed by atoms with van der Waals surface area (Å²) in [7, 11) is 0. The number of rotatable bonds is 5. The molecule has 100 valence electrons. The molecule has 1 aromatic carbocycles. The lowest BCUT2D eigenvalue weighted by atomic mass is 10.1. The van der Waals surface area contributed by atoms with Crippen molar-refractivity contribution in [3.63, 3.8) is 0 Å². The molecular formula is C14H16ClN3S. The van der Waals surface area contributed by atoms with Crippen molar-refractivity contribution in [3.8, 4) is 0 Å². The number of hydrogen-bond donors (Lipinski definition) is 1. The van der Waals surface area contributed by atoms with Gasteiger partial charge in [0, 0.05) is 23.3 Å². The van der Waals surface area contributed by atoms with Crippen LogP contribution < -0.4 is 5.32 Å². The molecule has 1 heterocycles. The standard InChI is InChI=1S/C14H16ClN3S/c1-3-17-10(2)11-4-5-13(12(15)8-11)19-14-9-16-6-7-18-14/h4-10,17H,3H2,1-2H3. The molecule has 1 atom stereocenters. The Hall–Kier alpha value is -1.10. The minimum atomic E-state index is 0.304. The van der Waals surface area contributed by atoms with E-state index in [2.05, 4.69) is 35.2 Å². The van der Waals surface area contributed by atoms with Gasteiger partial charge in [0.25, 0.3) is 0 Å². The quantitative estimate of drug-likeness (QED) is 0.906. The molecule has 2 aromatic rings. The Labute approximate surface area is 122 Å². The fourth-order valence-corrected chi connectivity index (χ4v) is 2.79. The third-order valence-corrected chi connectivity index (χ3v) is 4.14. The summed E-state index contributed by atoms with van der Waals surface area (Å²) in [6.45, 7) is 5.16. The number of benzene rings is 1. The highest BCUT2D eigenvalue weighted by molar-refractivity contribution is 7.99. The Balaban J connectivity index is 2.15. The predicted molar refractivity (Wildman–Crippen MR) is 79.7 cm³/mol. The molecule has 0 radical (unpaired) electrons. The smallest absolute Gasteiger partial charge is 0.119 e. The van der Waals surface area contributed by atoms with E-state index in [1.54, 1.807) is 18.6 Å². The summed E-state index contributed by atoms with van der Waals surface area (Å²) < 4.78 is 0. The van der Waals surface area contributed by atoms with Crippen LogP contribution in [0.15, 0.2) is 46.7 Å². The minimum absolute atomic E-state index is 0.304. The first-order valence-corrected chi connectivity index (χ1v) is 7.37. The van der Waals surface area contributed by atoms with Crippen LogP contribution in [-0.4, -0.2) is 16.5 Å². The van der Waals surface area contributed by atoms with Crippen molar-refractivity contribution in [2.24, 2.45) is 0 Å². The molecular weight excluding hydrogens is 278 g/mol. The van der Waals surface area contributed by atoms with E-state index >= 15 is 0 Å². The summed E-state index contributed by atoms with van der Waals surface area (Å²) in [4.78, 5) is 9.27. The highest BCUT2D eigenvalue weighted by Gasteiger charge is 2.08. The Bertz CT molecular complexity index is 533. The van der Waals surface area contributed by atoms with Gasteiger partial charge in [-0.1, -0.05) is 36.4 Å². The summed E-state index contributed by atoms with van der Waals surface area (Å²) in [5.41, 5.74) is 1.19. The first kappa shape index (κ1) is 14.3. The zero-order valence-corrected chi connectivity index (χ0v) is 12.5. The van der Waals surface area contributed by atoms with Gasteiger partial charge in [-0.05, 0) is 31.2 Å². The molecule has 0 aliphatic carbocycles. The van der Waals surface area contributed by atoms with Gasteiger partial charge in [0.1, 0.15) is 5.03 Å². The van der Waals surface area contributed by atoms with Crippen molar-refractivity contribution < 1.29 is 0 Å². The van der Waals surface area contributed by atoms with Gasteiger partial charge < -0.3 is 5.32 Å². The van der Waals surface area contributed by atoms with E-state index in [1.165, 1.54) is 17.3 Å². The lowest BCUT2D eigenvalue weighted by molar-refractivity contribution is 0.598. The normalized spacial score (nSPS) is 12.4. The van der Waals surface area contributed by atoms with E-state index in [-0.39, 0.29) is 0 Å². The third-order valence-electron chi connectivity index (χ3n) is 2.72. The van der Waals surface area contributed by atoms with Gasteiger partial charge in [0.05, 0.1) is 11.2 Å². The number of hydrogen-bond acceptors (Lipinski definition) is 4. The molecule has 19 heavy (non-hydrogen) atoms. The molecule has 5 heteroatoms. The van der Waals surface area contributed by atoms with Crippen LogP contribution in [0, 0.1) is 0 Å². The number of aromatic nitrogens is 2. The van der Waals surface area contributed by atoms with E-state index in [9.17, 15) is 0 Å². The van der Waals surface area contributed by atoms with Crippen molar-refractivity contribution in [2.75, 3.05) is 6.54 Å². The van der Waals surface area contributed by atoms with Crippen LogP contribution in [0.1, 0.15) is 25.5 Å². The summed E-state index contributed by atoms with van der Waals surface area (Å²) >= 11 is 7.85. The molecule has 0 aliphatic rings. The Morgan fingerprint density at radius 1 is 1.37 bits per heavy atom. The number of halogens is 1. The highest BCUT2D eigenvalue weighted by Crippen LogP contribution is 2.33. The molecule has 0 fully saturated rings.